The fraction of sp³-hybridized carbons (Fsp3) is 0.280. The maximum Gasteiger partial charge on any atom is 0.174 e. The lowest BCUT2D eigenvalue weighted by Crippen LogP contribution is -2.62. The largest absolute Gasteiger partial charge is 0.387 e. The van der Waals surface area contributed by atoms with Crippen LogP contribution in [0.15, 0.2) is 60.7 Å². The number of para-hydroxylation sites is 2. The van der Waals surface area contributed by atoms with Crippen molar-refractivity contribution in [3.8, 4) is 0 Å². The van der Waals surface area contributed by atoms with Crippen LogP contribution in [0.4, 0.5) is 0 Å². The summed E-state index contributed by atoms with van der Waals surface area (Å²) in [5.41, 5.74) is 3.00. The van der Waals surface area contributed by atoms with Crippen molar-refractivity contribution < 1.29 is 19.7 Å². The molecule has 2 aliphatic heterocycles. The molecule has 2 N–H and O–H groups in total. The Balaban J connectivity index is 1.81. The third-order valence-electron chi connectivity index (χ3n) is 7.30. The predicted molar refractivity (Wildman–Crippen MR) is 119 cm³/mol. The average Bonchev–Trinajstić information content (AvgIpc) is 3.27. The van der Waals surface area contributed by atoms with E-state index in [1.807, 2.05) is 37.3 Å². The van der Waals surface area contributed by atoms with Crippen molar-refractivity contribution >= 4 is 43.6 Å². The van der Waals surface area contributed by atoms with Crippen molar-refractivity contribution in [2.45, 2.75) is 37.2 Å². The molecule has 1 saturated heterocycles. The highest BCUT2D eigenvalue weighted by atomic mass is 16.6. The second kappa shape index (κ2) is 5.66. The van der Waals surface area contributed by atoms with E-state index in [4.69, 9.17) is 9.47 Å². The first-order valence-electron chi connectivity index (χ1n) is 10.6. The summed E-state index contributed by atoms with van der Waals surface area (Å²) in [6, 6.07) is 20.7. The molecular formula is C25H22N2O4. The monoisotopic (exact) mass is 414 g/mol. The van der Waals surface area contributed by atoms with Crippen LogP contribution in [0.1, 0.15) is 13.2 Å². The fourth-order valence-corrected chi connectivity index (χ4v) is 6.05. The number of nitrogens with zero attached hydrogens (tertiary/aromatic N) is 2. The minimum atomic E-state index is -1.14. The molecule has 0 unspecified atom stereocenters. The van der Waals surface area contributed by atoms with Crippen molar-refractivity contribution in [3.05, 3.63) is 60.7 Å². The number of ether oxygens (including phenoxy) is 2. The molecule has 2 bridgehead atoms. The van der Waals surface area contributed by atoms with Crippen LogP contribution in [-0.4, -0.2) is 44.8 Å². The van der Waals surface area contributed by atoms with E-state index in [-0.39, 0.29) is 0 Å². The van der Waals surface area contributed by atoms with Gasteiger partial charge in [0, 0.05) is 28.7 Å². The van der Waals surface area contributed by atoms with Crippen molar-refractivity contribution in [1.82, 2.24) is 9.13 Å². The Morgan fingerprint density at radius 3 is 2.13 bits per heavy atom. The number of hydrogen-bond acceptors (Lipinski definition) is 4. The van der Waals surface area contributed by atoms with Gasteiger partial charge >= 0.3 is 0 Å². The average molecular weight is 414 g/mol. The van der Waals surface area contributed by atoms with E-state index in [1.54, 1.807) is 7.11 Å². The smallest absolute Gasteiger partial charge is 0.174 e. The summed E-state index contributed by atoms with van der Waals surface area (Å²) in [5.74, 6) is 0. The van der Waals surface area contributed by atoms with E-state index in [0.717, 1.165) is 43.6 Å². The molecule has 3 aromatic carbocycles. The van der Waals surface area contributed by atoms with Gasteiger partial charge in [-0.25, -0.2) is 0 Å². The lowest BCUT2D eigenvalue weighted by Gasteiger charge is -2.48. The van der Waals surface area contributed by atoms with E-state index in [0.29, 0.717) is 0 Å². The molecule has 0 radical (unpaired) electrons. The molecule has 1 fully saturated rings. The van der Waals surface area contributed by atoms with Crippen LogP contribution in [0.5, 0.6) is 0 Å². The molecule has 5 atom stereocenters. The molecule has 2 aromatic heterocycles. The van der Waals surface area contributed by atoms with Gasteiger partial charge in [0.2, 0.25) is 0 Å². The Bertz CT molecular complexity index is 1530. The van der Waals surface area contributed by atoms with E-state index in [1.165, 1.54) is 0 Å². The lowest BCUT2D eigenvalue weighted by atomic mass is 9.93. The van der Waals surface area contributed by atoms with Gasteiger partial charge in [0.05, 0.1) is 22.1 Å². The van der Waals surface area contributed by atoms with Crippen LogP contribution in [0.25, 0.3) is 43.6 Å². The van der Waals surface area contributed by atoms with Crippen LogP contribution in [-0.2, 0) is 15.2 Å². The topological polar surface area (TPSA) is 68.8 Å². The second-order valence-corrected chi connectivity index (χ2v) is 8.80. The summed E-state index contributed by atoms with van der Waals surface area (Å²) < 4.78 is 16.7. The maximum atomic E-state index is 11.2. The van der Waals surface area contributed by atoms with E-state index in [9.17, 15) is 10.2 Å². The molecule has 5 aromatic rings. The molecule has 0 aliphatic carbocycles. The van der Waals surface area contributed by atoms with Crippen molar-refractivity contribution in [2.24, 2.45) is 0 Å². The molecule has 156 valence electrons. The quantitative estimate of drug-likeness (QED) is 0.437. The standard InChI is InChI=1S/C25H22N2O4/c1-25-23(30-2)21(28)22(29)24(31-25)26-17-9-5-3-7-13(17)15-11-12-16-14-8-4-6-10-18(14)27(25)20(16)19(15)26/h3-12,21-24,28-29H,1-2H3/t21-,22+,23+,24+,25-/m0/s1. The minimum Gasteiger partial charge on any atom is -0.387 e. The third kappa shape index (κ3) is 1.89. The first-order chi connectivity index (χ1) is 15.1. The van der Waals surface area contributed by atoms with Gasteiger partial charge in [-0.15, -0.1) is 0 Å². The second-order valence-electron chi connectivity index (χ2n) is 8.80. The highest BCUT2D eigenvalue weighted by Gasteiger charge is 2.56. The van der Waals surface area contributed by atoms with Crippen LogP contribution >= 0.6 is 0 Å². The zero-order valence-corrected chi connectivity index (χ0v) is 17.2. The Morgan fingerprint density at radius 1 is 0.806 bits per heavy atom. The first kappa shape index (κ1) is 17.7. The highest BCUT2D eigenvalue weighted by Crippen LogP contribution is 2.51. The van der Waals surface area contributed by atoms with Gasteiger partial charge in [0.1, 0.15) is 18.3 Å². The lowest BCUT2D eigenvalue weighted by molar-refractivity contribution is -0.314. The first-order valence-corrected chi connectivity index (χ1v) is 10.6. The Morgan fingerprint density at radius 2 is 1.42 bits per heavy atom. The minimum absolute atomic E-state index is 0.746. The number of fused-ring (bicyclic) bond motifs is 10. The Hall–Kier alpha value is -2.90. The van der Waals surface area contributed by atoms with Crippen molar-refractivity contribution in [2.75, 3.05) is 7.11 Å². The molecular weight excluding hydrogens is 392 g/mol. The Labute approximate surface area is 177 Å². The van der Waals surface area contributed by atoms with Crippen LogP contribution < -0.4 is 0 Å². The third-order valence-corrected chi connectivity index (χ3v) is 7.30. The van der Waals surface area contributed by atoms with Crippen LogP contribution in [0.3, 0.4) is 0 Å². The number of benzene rings is 3. The summed E-state index contributed by atoms with van der Waals surface area (Å²) >= 11 is 0. The summed E-state index contributed by atoms with van der Waals surface area (Å²) in [6.07, 6.45) is -3.75. The molecule has 4 heterocycles. The van der Waals surface area contributed by atoms with Gasteiger partial charge in [-0.3, -0.25) is 0 Å². The molecule has 7 rings (SSSR count). The fourth-order valence-electron chi connectivity index (χ4n) is 6.05. The normalized spacial score (nSPS) is 30.1. The SMILES string of the molecule is CO[C@@H]1[C@@H](O)[C@@H](O)[C@H]2O[C@]1(C)n1c3ccccc3c3ccc4c5ccccc5n2c4c31. The van der Waals surface area contributed by atoms with Gasteiger partial charge in [0.25, 0.3) is 0 Å². The zero-order valence-electron chi connectivity index (χ0n) is 17.2. The number of hydrogen-bond donors (Lipinski definition) is 2. The Kier molecular flexibility index (Phi) is 3.24. The highest BCUT2D eigenvalue weighted by molar-refractivity contribution is 6.22. The number of aliphatic hydroxyl groups excluding tert-OH is 2. The van der Waals surface area contributed by atoms with Gasteiger partial charge in [-0.2, -0.15) is 0 Å². The van der Waals surface area contributed by atoms with E-state index in [2.05, 4.69) is 39.5 Å². The molecule has 6 nitrogen and oxygen atoms in total. The molecule has 2 aliphatic rings. The number of aliphatic hydroxyl groups is 2. The van der Waals surface area contributed by atoms with E-state index >= 15 is 0 Å². The number of aromatic nitrogens is 2. The van der Waals surface area contributed by atoms with Crippen molar-refractivity contribution in [3.63, 3.8) is 0 Å². The molecule has 0 amide bonds. The molecule has 0 saturated carbocycles. The van der Waals surface area contributed by atoms with Crippen LogP contribution in [0.2, 0.25) is 0 Å². The van der Waals surface area contributed by atoms with Gasteiger partial charge < -0.3 is 28.8 Å². The number of methoxy groups -OCH3 is 1. The summed E-state index contributed by atoms with van der Waals surface area (Å²) in [6.45, 7) is 1.95. The summed E-state index contributed by atoms with van der Waals surface area (Å²) in [7, 11) is 1.56. The van der Waals surface area contributed by atoms with Gasteiger partial charge in [-0.1, -0.05) is 48.5 Å². The molecule has 6 heteroatoms. The van der Waals surface area contributed by atoms with Crippen molar-refractivity contribution in [1.29, 1.82) is 0 Å². The van der Waals surface area contributed by atoms with Gasteiger partial charge in [-0.05, 0) is 19.1 Å². The summed E-state index contributed by atoms with van der Waals surface area (Å²) in [4.78, 5) is 0. The number of rotatable bonds is 1. The predicted octanol–water partition coefficient (Wildman–Crippen LogP) is 3.85. The molecule has 0 spiro atoms. The van der Waals surface area contributed by atoms with Crippen LogP contribution in [0, 0.1) is 0 Å². The van der Waals surface area contributed by atoms with Gasteiger partial charge in [0.15, 0.2) is 12.0 Å². The zero-order chi connectivity index (χ0) is 21.1. The molecule has 31 heavy (non-hydrogen) atoms. The maximum absolute atomic E-state index is 11.2. The van der Waals surface area contributed by atoms with E-state index < -0.39 is 30.3 Å². The summed E-state index contributed by atoms with van der Waals surface area (Å²) in [5, 5.41) is 26.8.